The van der Waals surface area contributed by atoms with Crippen molar-refractivity contribution in [2.75, 3.05) is 6.54 Å². The van der Waals surface area contributed by atoms with E-state index in [1.807, 2.05) is 0 Å². The zero-order valence-electron chi connectivity index (χ0n) is 12.2. The van der Waals surface area contributed by atoms with Crippen molar-refractivity contribution in [3.63, 3.8) is 0 Å². The summed E-state index contributed by atoms with van der Waals surface area (Å²) in [6.45, 7) is 3.18. The van der Waals surface area contributed by atoms with Gasteiger partial charge in [-0.25, -0.2) is 0 Å². The Morgan fingerprint density at radius 1 is 1.21 bits per heavy atom. The van der Waals surface area contributed by atoms with Crippen molar-refractivity contribution in [2.24, 2.45) is 28.9 Å². The molecule has 3 aliphatic carbocycles. The number of carbonyl (C=O) groups is 1. The summed E-state index contributed by atoms with van der Waals surface area (Å²) in [5, 5.41) is 3.23. The smallest absolute Gasteiger partial charge is 0.224 e. The Morgan fingerprint density at radius 3 is 2.53 bits per heavy atom. The lowest BCUT2D eigenvalue weighted by Crippen LogP contribution is -2.47. The van der Waals surface area contributed by atoms with Crippen LogP contribution in [0.25, 0.3) is 0 Å². The molecule has 4 atom stereocenters. The van der Waals surface area contributed by atoms with Crippen LogP contribution in [0.15, 0.2) is 0 Å². The van der Waals surface area contributed by atoms with Gasteiger partial charge in [0, 0.05) is 12.6 Å². The molecule has 3 heteroatoms. The van der Waals surface area contributed by atoms with Crippen molar-refractivity contribution in [3.05, 3.63) is 0 Å². The molecule has 0 aromatic rings. The van der Waals surface area contributed by atoms with Crippen LogP contribution < -0.4 is 11.1 Å². The summed E-state index contributed by atoms with van der Waals surface area (Å²) in [6.07, 6.45) is 10.2. The molecule has 3 saturated carbocycles. The lowest BCUT2D eigenvalue weighted by atomic mass is 9.75. The van der Waals surface area contributed by atoms with Gasteiger partial charge in [-0.2, -0.15) is 0 Å². The molecular formula is C16H28N2O. The average molecular weight is 264 g/mol. The van der Waals surface area contributed by atoms with Crippen molar-refractivity contribution in [1.82, 2.24) is 5.32 Å². The van der Waals surface area contributed by atoms with E-state index in [0.717, 1.165) is 6.54 Å². The summed E-state index contributed by atoms with van der Waals surface area (Å²) in [5.74, 6) is 1.53. The second-order valence-corrected chi connectivity index (χ2v) is 7.53. The number of amides is 1. The van der Waals surface area contributed by atoms with Crippen LogP contribution >= 0.6 is 0 Å². The number of rotatable bonds is 3. The highest BCUT2D eigenvalue weighted by atomic mass is 16.1. The molecule has 0 aromatic heterocycles. The molecule has 0 spiro atoms. The van der Waals surface area contributed by atoms with E-state index in [2.05, 4.69) is 12.2 Å². The molecule has 2 bridgehead atoms. The lowest BCUT2D eigenvalue weighted by molar-refractivity contribution is -0.127. The van der Waals surface area contributed by atoms with E-state index in [1.54, 1.807) is 0 Å². The van der Waals surface area contributed by atoms with Gasteiger partial charge in [0.2, 0.25) is 5.91 Å². The Bertz CT molecular complexity index is 347. The topological polar surface area (TPSA) is 55.1 Å². The third-order valence-corrected chi connectivity index (χ3v) is 6.03. The van der Waals surface area contributed by atoms with E-state index in [0.29, 0.717) is 17.3 Å². The van der Waals surface area contributed by atoms with Crippen LogP contribution in [0.4, 0.5) is 0 Å². The molecule has 3 N–H and O–H groups in total. The van der Waals surface area contributed by atoms with Crippen LogP contribution in [-0.2, 0) is 4.79 Å². The first kappa shape index (κ1) is 13.4. The molecular weight excluding hydrogens is 236 g/mol. The van der Waals surface area contributed by atoms with Crippen molar-refractivity contribution in [3.8, 4) is 0 Å². The summed E-state index contributed by atoms with van der Waals surface area (Å²) >= 11 is 0. The molecule has 4 unspecified atom stereocenters. The van der Waals surface area contributed by atoms with Crippen molar-refractivity contribution >= 4 is 5.91 Å². The number of nitrogens with two attached hydrogens (primary N) is 1. The van der Waals surface area contributed by atoms with Gasteiger partial charge in [0.1, 0.15) is 0 Å². The standard InChI is InChI=1S/C16H28N2O/c1-16(7-3-2-4-8-16)10-18-15(19)13-11-5-6-12(9-11)14(13)17/h11-14H,2-10,17H2,1H3,(H,18,19). The maximum absolute atomic E-state index is 12.4. The van der Waals surface area contributed by atoms with Gasteiger partial charge in [-0.15, -0.1) is 0 Å². The molecule has 3 nitrogen and oxygen atoms in total. The molecule has 108 valence electrons. The second-order valence-electron chi connectivity index (χ2n) is 7.53. The SMILES string of the molecule is CC1(CNC(=O)C2C3CCC(C3)C2N)CCCCC1. The van der Waals surface area contributed by atoms with Crippen molar-refractivity contribution in [1.29, 1.82) is 0 Å². The number of hydrogen-bond donors (Lipinski definition) is 2. The Morgan fingerprint density at radius 2 is 1.89 bits per heavy atom. The van der Waals surface area contributed by atoms with Gasteiger partial charge < -0.3 is 11.1 Å². The van der Waals surface area contributed by atoms with Crippen LogP contribution in [-0.4, -0.2) is 18.5 Å². The quantitative estimate of drug-likeness (QED) is 0.822. The first-order valence-electron chi connectivity index (χ1n) is 8.12. The van der Waals surface area contributed by atoms with Crippen LogP contribution in [0.2, 0.25) is 0 Å². The molecule has 1 amide bonds. The summed E-state index contributed by atoms with van der Waals surface area (Å²) < 4.78 is 0. The van der Waals surface area contributed by atoms with Crippen molar-refractivity contribution in [2.45, 2.75) is 64.3 Å². The minimum absolute atomic E-state index is 0.103. The highest BCUT2D eigenvalue weighted by Gasteiger charge is 2.49. The molecule has 3 fully saturated rings. The third kappa shape index (κ3) is 2.54. The van der Waals surface area contributed by atoms with Gasteiger partial charge in [-0.05, 0) is 49.4 Å². The van der Waals surface area contributed by atoms with Gasteiger partial charge >= 0.3 is 0 Å². The van der Waals surface area contributed by atoms with E-state index < -0.39 is 0 Å². The minimum Gasteiger partial charge on any atom is -0.355 e. The summed E-state index contributed by atoms with van der Waals surface area (Å²) in [7, 11) is 0. The number of nitrogens with one attached hydrogen (secondary N) is 1. The van der Waals surface area contributed by atoms with Gasteiger partial charge in [-0.1, -0.05) is 26.2 Å². The fourth-order valence-electron chi connectivity index (χ4n) is 4.73. The van der Waals surface area contributed by atoms with Gasteiger partial charge in [0.25, 0.3) is 0 Å². The Kier molecular flexibility index (Phi) is 3.59. The fraction of sp³-hybridized carbons (Fsp3) is 0.938. The predicted molar refractivity (Wildman–Crippen MR) is 76.5 cm³/mol. The largest absolute Gasteiger partial charge is 0.355 e. The number of carbonyl (C=O) groups excluding carboxylic acids is 1. The van der Waals surface area contributed by atoms with E-state index in [1.165, 1.54) is 51.4 Å². The lowest BCUT2D eigenvalue weighted by Gasteiger charge is -2.35. The van der Waals surface area contributed by atoms with E-state index in [-0.39, 0.29) is 17.9 Å². The van der Waals surface area contributed by atoms with Crippen LogP contribution in [0.1, 0.15) is 58.3 Å². The Labute approximate surface area is 116 Å². The first-order valence-corrected chi connectivity index (χ1v) is 8.12. The minimum atomic E-state index is 0.103. The third-order valence-electron chi connectivity index (χ3n) is 6.03. The highest BCUT2D eigenvalue weighted by molar-refractivity contribution is 5.80. The Hall–Kier alpha value is -0.570. The number of hydrogen-bond acceptors (Lipinski definition) is 2. The van der Waals surface area contributed by atoms with Crippen LogP contribution in [0.3, 0.4) is 0 Å². The molecule has 3 aliphatic rings. The second kappa shape index (κ2) is 5.08. The van der Waals surface area contributed by atoms with Crippen LogP contribution in [0.5, 0.6) is 0 Å². The zero-order valence-corrected chi connectivity index (χ0v) is 12.2. The molecule has 19 heavy (non-hydrogen) atoms. The van der Waals surface area contributed by atoms with E-state index in [4.69, 9.17) is 5.73 Å². The maximum atomic E-state index is 12.4. The molecule has 0 aromatic carbocycles. The summed E-state index contributed by atoms with van der Waals surface area (Å²) in [6, 6.07) is 0.123. The maximum Gasteiger partial charge on any atom is 0.224 e. The molecule has 0 aliphatic heterocycles. The number of fused-ring (bicyclic) bond motifs is 2. The predicted octanol–water partition coefficient (Wildman–Crippen LogP) is 2.45. The average Bonchev–Trinajstić information content (AvgIpc) is 2.98. The molecule has 0 radical (unpaired) electrons. The summed E-state index contributed by atoms with van der Waals surface area (Å²) in [4.78, 5) is 12.4. The highest BCUT2D eigenvalue weighted by Crippen LogP contribution is 2.47. The normalized spacial score (nSPS) is 40.3. The Balaban J connectivity index is 1.54. The summed E-state index contributed by atoms with van der Waals surface area (Å²) in [5.41, 5.74) is 6.57. The monoisotopic (exact) mass is 264 g/mol. The van der Waals surface area contributed by atoms with Gasteiger partial charge in [-0.3, -0.25) is 4.79 Å². The van der Waals surface area contributed by atoms with Crippen LogP contribution in [0, 0.1) is 23.2 Å². The zero-order chi connectivity index (χ0) is 13.5. The van der Waals surface area contributed by atoms with E-state index in [9.17, 15) is 4.79 Å². The molecule has 3 rings (SSSR count). The van der Waals surface area contributed by atoms with Gasteiger partial charge in [0.15, 0.2) is 0 Å². The van der Waals surface area contributed by atoms with Gasteiger partial charge in [0.05, 0.1) is 5.92 Å². The first-order chi connectivity index (χ1) is 9.09. The van der Waals surface area contributed by atoms with Crippen molar-refractivity contribution < 1.29 is 4.79 Å². The fourth-order valence-corrected chi connectivity index (χ4v) is 4.73. The molecule has 0 saturated heterocycles. The van der Waals surface area contributed by atoms with E-state index >= 15 is 0 Å². The molecule has 0 heterocycles.